The van der Waals surface area contributed by atoms with Gasteiger partial charge in [0, 0.05) is 12.1 Å². The second-order valence-electron chi connectivity index (χ2n) is 5.81. The van der Waals surface area contributed by atoms with Gasteiger partial charge in [-0.3, -0.25) is 4.79 Å². The second kappa shape index (κ2) is 7.09. The maximum atomic E-state index is 12.0. The van der Waals surface area contributed by atoms with Crippen molar-refractivity contribution in [2.75, 3.05) is 0 Å². The molecule has 1 N–H and O–H groups in total. The van der Waals surface area contributed by atoms with Gasteiger partial charge in [0.15, 0.2) is 0 Å². The van der Waals surface area contributed by atoms with Crippen molar-refractivity contribution in [3.8, 4) is 11.4 Å². The molecule has 0 saturated heterocycles. The Kier molecular flexibility index (Phi) is 4.49. The average molecular weight is 367 g/mol. The maximum Gasteiger partial charge on any atom is 0.261 e. The number of carbonyl (C=O) groups excluding carboxylic acids is 1. The normalized spacial score (nSPS) is 11.1. The lowest BCUT2D eigenvalue weighted by Crippen LogP contribution is -2.21. The number of fused-ring (bicyclic) bond motifs is 1. The molecule has 26 heavy (non-hydrogen) atoms. The van der Waals surface area contributed by atoms with Crippen molar-refractivity contribution in [3.05, 3.63) is 52.8 Å². The zero-order valence-corrected chi connectivity index (χ0v) is 15.0. The molecule has 0 aliphatic rings. The number of hydrogen-bond donors (Lipinski definition) is 1. The summed E-state index contributed by atoms with van der Waals surface area (Å²) in [6.07, 6.45) is 2.88. The largest absolute Gasteiger partial charge is 0.342 e. The lowest BCUT2D eigenvalue weighted by atomic mass is 10.2. The van der Waals surface area contributed by atoms with Gasteiger partial charge < -0.3 is 14.4 Å². The van der Waals surface area contributed by atoms with Crippen molar-refractivity contribution in [1.82, 2.24) is 25.0 Å². The minimum Gasteiger partial charge on any atom is -0.342 e. The van der Waals surface area contributed by atoms with Crippen molar-refractivity contribution < 1.29 is 9.32 Å². The van der Waals surface area contributed by atoms with Crippen LogP contribution < -0.4 is 5.32 Å². The Balaban J connectivity index is 1.51. The molecule has 0 unspecified atom stereocenters. The summed E-state index contributed by atoms with van der Waals surface area (Å²) in [6, 6.07) is 9.49. The summed E-state index contributed by atoms with van der Waals surface area (Å²) < 4.78 is 7.38. The predicted octanol–water partition coefficient (Wildman–Crippen LogP) is 3.49. The summed E-state index contributed by atoms with van der Waals surface area (Å²) in [5.74, 6) is 0.716. The van der Waals surface area contributed by atoms with Crippen LogP contribution in [-0.4, -0.2) is 25.6 Å². The highest BCUT2D eigenvalue weighted by Gasteiger charge is 2.13. The number of aromatic nitrogens is 4. The van der Waals surface area contributed by atoms with Gasteiger partial charge in [0.25, 0.3) is 5.91 Å². The first kappa shape index (κ1) is 16.5. The first-order valence-electron chi connectivity index (χ1n) is 8.34. The third-order valence-corrected chi connectivity index (χ3v) is 4.83. The van der Waals surface area contributed by atoms with Gasteiger partial charge in [0.2, 0.25) is 11.7 Å². The molecule has 0 atom stereocenters. The third kappa shape index (κ3) is 3.23. The standard InChI is InChI=1S/C18H17N5O2S/c1-2-7-23-11-20-13-6-5-12(9-14(13)23)17-21-16(25-22-17)10-19-18(24)15-4-3-8-26-15/h3-6,8-9,11H,2,7,10H2,1H3,(H,19,24). The Morgan fingerprint density at radius 2 is 2.27 bits per heavy atom. The zero-order valence-electron chi connectivity index (χ0n) is 14.2. The number of thiophene rings is 1. The summed E-state index contributed by atoms with van der Waals surface area (Å²) in [6.45, 7) is 3.23. The van der Waals surface area contributed by atoms with Gasteiger partial charge in [-0.15, -0.1) is 11.3 Å². The highest BCUT2D eigenvalue weighted by atomic mass is 32.1. The topological polar surface area (TPSA) is 85.8 Å². The number of amides is 1. The molecule has 8 heteroatoms. The van der Waals surface area contributed by atoms with Gasteiger partial charge in [-0.05, 0) is 36.1 Å². The lowest BCUT2D eigenvalue weighted by molar-refractivity contribution is 0.0950. The van der Waals surface area contributed by atoms with E-state index in [-0.39, 0.29) is 12.5 Å². The monoisotopic (exact) mass is 367 g/mol. The first-order chi connectivity index (χ1) is 12.7. The van der Waals surface area contributed by atoms with Crippen molar-refractivity contribution in [3.63, 3.8) is 0 Å². The molecule has 0 aliphatic carbocycles. The van der Waals surface area contributed by atoms with Gasteiger partial charge in [-0.2, -0.15) is 4.98 Å². The van der Waals surface area contributed by atoms with Crippen LogP contribution >= 0.6 is 11.3 Å². The number of nitrogens with zero attached hydrogens (tertiary/aromatic N) is 4. The van der Waals surface area contributed by atoms with E-state index in [2.05, 4.69) is 31.9 Å². The van der Waals surface area contributed by atoms with Crippen molar-refractivity contribution in [2.24, 2.45) is 0 Å². The fourth-order valence-corrected chi connectivity index (χ4v) is 3.35. The Labute approximate surface area is 153 Å². The summed E-state index contributed by atoms with van der Waals surface area (Å²) in [5, 5.41) is 8.67. The van der Waals surface area contributed by atoms with Crippen molar-refractivity contribution >= 4 is 28.3 Å². The van der Waals surface area contributed by atoms with Gasteiger partial charge >= 0.3 is 0 Å². The molecule has 132 valence electrons. The zero-order chi connectivity index (χ0) is 17.9. The Morgan fingerprint density at radius 1 is 1.35 bits per heavy atom. The lowest BCUT2D eigenvalue weighted by Gasteiger charge is -2.02. The number of hydrogen-bond acceptors (Lipinski definition) is 6. The number of rotatable bonds is 6. The van der Waals surface area contributed by atoms with Crippen LogP contribution in [0.1, 0.15) is 28.9 Å². The quantitative estimate of drug-likeness (QED) is 0.564. The molecule has 1 amide bonds. The Hall–Kier alpha value is -3.00. The molecule has 0 spiro atoms. The highest BCUT2D eigenvalue weighted by molar-refractivity contribution is 7.12. The van der Waals surface area contributed by atoms with E-state index >= 15 is 0 Å². The summed E-state index contributed by atoms with van der Waals surface area (Å²) in [5.41, 5.74) is 2.84. The molecule has 0 aliphatic heterocycles. The van der Waals surface area contributed by atoms with Gasteiger partial charge in [0.1, 0.15) is 0 Å². The number of nitrogens with one attached hydrogen (secondary N) is 1. The number of carbonyl (C=O) groups is 1. The Bertz CT molecular complexity index is 1040. The van der Waals surface area contributed by atoms with Crippen LogP contribution in [0.4, 0.5) is 0 Å². The smallest absolute Gasteiger partial charge is 0.261 e. The Morgan fingerprint density at radius 3 is 3.08 bits per heavy atom. The fourth-order valence-electron chi connectivity index (χ4n) is 2.71. The number of benzene rings is 1. The molecule has 4 rings (SSSR count). The van der Waals surface area contributed by atoms with Crippen LogP contribution in [0.25, 0.3) is 22.4 Å². The molecular formula is C18H17N5O2S. The molecule has 7 nitrogen and oxygen atoms in total. The summed E-state index contributed by atoms with van der Waals surface area (Å²) in [4.78, 5) is 21.4. The van der Waals surface area contributed by atoms with E-state index < -0.39 is 0 Å². The third-order valence-electron chi connectivity index (χ3n) is 3.96. The fraction of sp³-hybridized carbons (Fsp3) is 0.222. The van der Waals surface area contributed by atoms with Gasteiger partial charge in [0.05, 0.1) is 28.8 Å². The molecule has 0 fully saturated rings. The van der Waals surface area contributed by atoms with E-state index in [9.17, 15) is 4.79 Å². The SMILES string of the molecule is CCCn1cnc2ccc(-c3noc(CNC(=O)c4cccs4)n3)cc21. The highest BCUT2D eigenvalue weighted by Crippen LogP contribution is 2.22. The minimum atomic E-state index is -0.148. The molecular weight excluding hydrogens is 350 g/mol. The van der Waals surface area contributed by atoms with Gasteiger partial charge in [-0.1, -0.05) is 18.1 Å². The number of aryl methyl sites for hydroxylation is 1. The van der Waals surface area contributed by atoms with E-state index in [1.165, 1.54) is 11.3 Å². The first-order valence-corrected chi connectivity index (χ1v) is 9.22. The number of imidazole rings is 1. The molecule has 0 saturated carbocycles. The van der Waals surface area contributed by atoms with Crippen molar-refractivity contribution in [1.29, 1.82) is 0 Å². The molecule has 3 heterocycles. The van der Waals surface area contributed by atoms with Crippen LogP contribution in [0, 0.1) is 0 Å². The molecule has 3 aromatic heterocycles. The van der Waals surface area contributed by atoms with Crippen LogP contribution in [0.3, 0.4) is 0 Å². The van der Waals surface area contributed by atoms with E-state index in [4.69, 9.17) is 4.52 Å². The van der Waals surface area contributed by atoms with E-state index in [1.807, 2.05) is 36.0 Å². The van der Waals surface area contributed by atoms with Crippen LogP contribution in [0.5, 0.6) is 0 Å². The minimum absolute atomic E-state index is 0.148. The van der Waals surface area contributed by atoms with Crippen molar-refractivity contribution in [2.45, 2.75) is 26.4 Å². The second-order valence-corrected chi connectivity index (χ2v) is 6.76. The average Bonchev–Trinajstić information content (AvgIpc) is 3.40. The van der Waals surface area contributed by atoms with Gasteiger partial charge in [-0.25, -0.2) is 4.98 Å². The molecule has 0 radical (unpaired) electrons. The maximum absolute atomic E-state index is 12.0. The predicted molar refractivity (Wildman–Crippen MR) is 98.8 cm³/mol. The van der Waals surface area contributed by atoms with E-state index in [0.29, 0.717) is 16.6 Å². The van der Waals surface area contributed by atoms with E-state index in [0.717, 1.165) is 29.6 Å². The van der Waals surface area contributed by atoms with Crippen LogP contribution in [0.15, 0.2) is 46.6 Å². The molecule has 0 bridgehead atoms. The molecule has 1 aromatic carbocycles. The van der Waals surface area contributed by atoms with Crippen LogP contribution in [0.2, 0.25) is 0 Å². The molecule has 4 aromatic rings. The summed E-state index contributed by atoms with van der Waals surface area (Å²) >= 11 is 1.39. The summed E-state index contributed by atoms with van der Waals surface area (Å²) in [7, 11) is 0. The van der Waals surface area contributed by atoms with Crippen LogP contribution in [-0.2, 0) is 13.1 Å². The van der Waals surface area contributed by atoms with E-state index in [1.54, 1.807) is 6.07 Å².